The molecule has 18 heavy (non-hydrogen) atoms. The summed E-state index contributed by atoms with van der Waals surface area (Å²) >= 11 is 0. The number of carboxylic acids is 2. The van der Waals surface area contributed by atoms with Crippen LogP contribution in [0.2, 0.25) is 0 Å². The summed E-state index contributed by atoms with van der Waals surface area (Å²) < 4.78 is 0. The van der Waals surface area contributed by atoms with E-state index in [9.17, 15) is 29.8 Å². The predicted octanol–water partition coefficient (Wildman–Crippen LogP) is 0.899. The number of carbonyl (C=O) groups is 2. The summed E-state index contributed by atoms with van der Waals surface area (Å²) in [6.45, 7) is 0. The van der Waals surface area contributed by atoms with E-state index < -0.39 is 44.3 Å². The van der Waals surface area contributed by atoms with Crippen LogP contribution in [0.25, 0.3) is 0 Å². The Labute approximate surface area is 97.4 Å². The van der Waals surface area contributed by atoms with E-state index in [4.69, 9.17) is 10.2 Å². The highest BCUT2D eigenvalue weighted by Gasteiger charge is 2.33. The fourth-order valence-corrected chi connectivity index (χ4v) is 1.24. The number of aromatic carboxylic acids is 2. The molecule has 10 nitrogen and oxygen atoms in total. The quantitative estimate of drug-likeness (QED) is 0.592. The molecule has 0 amide bonds. The van der Waals surface area contributed by atoms with Gasteiger partial charge in [0.1, 0.15) is 0 Å². The van der Waals surface area contributed by atoms with Crippen LogP contribution in [0.3, 0.4) is 0 Å². The SMILES string of the molecule is O=C(O)c1cc([N+](=O)[O-])c(C(=O)O)c([N+](=O)[O-])c1. The monoisotopic (exact) mass is 256 g/mol. The van der Waals surface area contributed by atoms with Gasteiger partial charge >= 0.3 is 11.9 Å². The molecule has 0 unspecified atom stereocenters. The van der Waals surface area contributed by atoms with Crippen molar-refractivity contribution in [2.45, 2.75) is 0 Å². The minimum absolute atomic E-state index is 0.457. The third-order valence-corrected chi connectivity index (χ3v) is 1.95. The van der Waals surface area contributed by atoms with E-state index in [0.29, 0.717) is 12.1 Å². The third kappa shape index (κ3) is 2.21. The molecule has 1 aromatic carbocycles. The molecule has 0 heterocycles. The van der Waals surface area contributed by atoms with Gasteiger partial charge in [-0.25, -0.2) is 9.59 Å². The van der Waals surface area contributed by atoms with Crippen LogP contribution in [0.5, 0.6) is 0 Å². The average Bonchev–Trinajstić information content (AvgIpc) is 2.26. The summed E-state index contributed by atoms with van der Waals surface area (Å²) in [5.74, 6) is -3.52. The standard InChI is InChI=1S/C8H4N2O8/c11-7(12)3-1-4(9(15)16)6(8(13)14)5(2-3)10(17)18/h1-2H,(H,11,12)(H,13,14). The fraction of sp³-hybridized carbons (Fsp3) is 0. The number of carboxylic acid groups (broad SMARTS) is 2. The Morgan fingerprint density at radius 2 is 1.33 bits per heavy atom. The Morgan fingerprint density at radius 1 is 0.944 bits per heavy atom. The van der Waals surface area contributed by atoms with Crippen LogP contribution in [0, 0.1) is 20.2 Å². The second kappa shape index (κ2) is 4.45. The Bertz CT molecular complexity index is 543. The second-order valence-electron chi connectivity index (χ2n) is 3.01. The average molecular weight is 256 g/mol. The molecule has 0 spiro atoms. The molecule has 1 rings (SSSR count). The first-order valence-electron chi connectivity index (χ1n) is 4.19. The zero-order valence-corrected chi connectivity index (χ0v) is 8.39. The van der Waals surface area contributed by atoms with E-state index in [1.165, 1.54) is 0 Å². The molecule has 0 aromatic heterocycles. The summed E-state index contributed by atoms with van der Waals surface area (Å²) in [5, 5.41) is 38.6. The molecule has 0 bridgehead atoms. The van der Waals surface area contributed by atoms with Gasteiger partial charge in [-0.1, -0.05) is 0 Å². The highest BCUT2D eigenvalue weighted by atomic mass is 16.6. The first-order valence-corrected chi connectivity index (χ1v) is 4.19. The van der Waals surface area contributed by atoms with E-state index in [-0.39, 0.29) is 0 Å². The Kier molecular flexibility index (Phi) is 3.22. The summed E-state index contributed by atoms with van der Waals surface area (Å²) in [5.41, 5.74) is -4.18. The van der Waals surface area contributed by atoms with Crippen molar-refractivity contribution in [2.24, 2.45) is 0 Å². The number of rotatable bonds is 4. The molecule has 0 atom stereocenters. The number of benzene rings is 1. The number of nitro benzene ring substituents is 2. The predicted molar refractivity (Wildman–Crippen MR) is 53.7 cm³/mol. The molecule has 0 fully saturated rings. The highest BCUT2D eigenvalue weighted by Crippen LogP contribution is 2.30. The highest BCUT2D eigenvalue weighted by molar-refractivity contribution is 6.00. The molecule has 0 saturated heterocycles. The van der Waals surface area contributed by atoms with Crippen LogP contribution >= 0.6 is 0 Å². The molecular weight excluding hydrogens is 252 g/mol. The van der Waals surface area contributed by atoms with Gasteiger partial charge in [0.15, 0.2) is 0 Å². The molecule has 94 valence electrons. The summed E-state index contributed by atoms with van der Waals surface area (Å²) in [7, 11) is 0. The smallest absolute Gasteiger partial charge is 0.349 e. The molecule has 0 aliphatic heterocycles. The molecule has 0 saturated carbocycles. The van der Waals surface area contributed by atoms with E-state index >= 15 is 0 Å². The van der Waals surface area contributed by atoms with Crippen molar-refractivity contribution in [2.75, 3.05) is 0 Å². The third-order valence-electron chi connectivity index (χ3n) is 1.95. The van der Waals surface area contributed by atoms with Crippen molar-refractivity contribution in [1.29, 1.82) is 0 Å². The van der Waals surface area contributed by atoms with Gasteiger partial charge in [-0.3, -0.25) is 20.2 Å². The van der Waals surface area contributed by atoms with Gasteiger partial charge in [-0.05, 0) is 0 Å². The number of nitro groups is 2. The van der Waals surface area contributed by atoms with E-state index in [1.54, 1.807) is 0 Å². The number of hydrogen-bond acceptors (Lipinski definition) is 6. The van der Waals surface area contributed by atoms with Crippen molar-refractivity contribution >= 4 is 23.3 Å². The summed E-state index contributed by atoms with van der Waals surface area (Å²) in [6.07, 6.45) is 0. The van der Waals surface area contributed by atoms with Gasteiger partial charge in [-0.15, -0.1) is 0 Å². The molecular formula is C8H4N2O8. The van der Waals surface area contributed by atoms with Gasteiger partial charge in [0.2, 0.25) is 5.56 Å². The first kappa shape index (κ1) is 13.0. The second-order valence-corrected chi connectivity index (χ2v) is 3.01. The lowest BCUT2D eigenvalue weighted by Crippen LogP contribution is -2.09. The maximum absolute atomic E-state index is 10.8. The lowest BCUT2D eigenvalue weighted by atomic mass is 10.1. The van der Waals surface area contributed by atoms with E-state index in [2.05, 4.69) is 0 Å². The van der Waals surface area contributed by atoms with Crippen LogP contribution in [-0.4, -0.2) is 32.0 Å². The largest absolute Gasteiger partial charge is 0.478 e. The van der Waals surface area contributed by atoms with Crippen LogP contribution in [0.4, 0.5) is 11.4 Å². The minimum atomic E-state index is -1.88. The number of hydrogen-bond donors (Lipinski definition) is 2. The van der Waals surface area contributed by atoms with Crippen molar-refractivity contribution < 1.29 is 29.6 Å². The first-order chi connectivity index (χ1) is 8.25. The Balaban J connectivity index is 3.76. The van der Waals surface area contributed by atoms with Gasteiger partial charge in [0.25, 0.3) is 11.4 Å². The topological polar surface area (TPSA) is 161 Å². The molecule has 0 radical (unpaired) electrons. The van der Waals surface area contributed by atoms with E-state index in [0.717, 1.165) is 0 Å². The van der Waals surface area contributed by atoms with Crippen molar-refractivity contribution in [3.8, 4) is 0 Å². The van der Waals surface area contributed by atoms with Gasteiger partial charge < -0.3 is 10.2 Å². The number of nitrogens with zero attached hydrogens (tertiary/aromatic N) is 2. The molecule has 0 aliphatic rings. The van der Waals surface area contributed by atoms with E-state index in [1.807, 2.05) is 0 Å². The maximum atomic E-state index is 10.8. The molecule has 10 heteroatoms. The lowest BCUT2D eigenvalue weighted by molar-refractivity contribution is -0.394. The van der Waals surface area contributed by atoms with Crippen molar-refractivity contribution in [3.63, 3.8) is 0 Å². The van der Waals surface area contributed by atoms with Gasteiger partial charge in [0, 0.05) is 12.1 Å². The lowest BCUT2D eigenvalue weighted by Gasteiger charge is -2.01. The van der Waals surface area contributed by atoms with Crippen LogP contribution in [0.15, 0.2) is 12.1 Å². The summed E-state index contributed by atoms with van der Waals surface area (Å²) in [6, 6.07) is 0.914. The van der Waals surface area contributed by atoms with Crippen LogP contribution in [0.1, 0.15) is 20.7 Å². The van der Waals surface area contributed by atoms with Gasteiger partial charge in [0.05, 0.1) is 15.4 Å². The zero-order chi connectivity index (χ0) is 14.0. The van der Waals surface area contributed by atoms with Crippen LogP contribution < -0.4 is 0 Å². The molecule has 2 N–H and O–H groups in total. The molecule has 1 aromatic rings. The van der Waals surface area contributed by atoms with Crippen LogP contribution in [-0.2, 0) is 0 Å². The van der Waals surface area contributed by atoms with Crippen molar-refractivity contribution in [3.05, 3.63) is 43.5 Å². The normalized spacial score (nSPS) is 9.78. The summed E-state index contributed by atoms with van der Waals surface area (Å²) in [4.78, 5) is 40.2. The Morgan fingerprint density at radius 3 is 1.56 bits per heavy atom. The molecule has 0 aliphatic carbocycles. The Hall–Kier alpha value is -3.04. The zero-order valence-electron chi connectivity index (χ0n) is 8.39. The fourth-order valence-electron chi connectivity index (χ4n) is 1.24. The minimum Gasteiger partial charge on any atom is -0.478 e. The van der Waals surface area contributed by atoms with Gasteiger partial charge in [-0.2, -0.15) is 0 Å². The maximum Gasteiger partial charge on any atom is 0.349 e. The van der Waals surface area contributed by atoms with Crippen molar-refractivity contribution in [1.82, 2.24) is 0 Å².